The largest absolute Gasteiger partial charge is 0.479 e. The van der Waals surface area contributed by atoms with E-state index in [-0.39, 0.29) is 10.6 Å². The minimum absolute atomic E-state index is 0.255. The van der Waals surface area contributed by atoms with Crippen molar-refractivity contribution >= 4 is 35.6 Å². The summed E-state index contributed by atoms with van der Waals surface area (Å²) in [5.41, 5.74) is 0.288. The second-order valence-electron chi connectivity index (χ2n) is 3.18. The first-order valence-corrected chi connectivity index (χ1v) is 5.08. The third-order valence-electron chi connectivity index (χ3n) is 2.06. The zero-order chi connectivity index (χ0) is 12.3. The van der Waals surface area contributed by atoms with Crippen LogP contribution in [0.25, 0.3) is 0 Å². The number of carbonyl (C=O) groups is 2. The van der Waals surface area contributed by atoms with E-state index >= 15 is 0 Å². The molecule has 0 spiro atoms. The zero-order valence-electron chi connectivity index (χ0n) is 8.35. The molecule has 0 saturated heterocycles. The van der Waals surface area contributed by atoms with E-state index in [9.17, 15) is 9.59 Å². The van der Waals surface area contributed by atoms with Crippen molar-refractivity contribution in [1.29, 1.82) is 0 Å². The molecule has 86 valence electrons. The fourth-order valence-corrected chi connectivity index (χ4v) is 1.71. The molecule has 0 radical (unpaired) electrons. The van der Waals surface area contributed by atoms with Gasteiger partial charge in [0.1, 0.15) is 0 Å². The first kappa shape index (κ1) is 12.8. The smallest absolute Gasteiger partial charge is 0.331 e. The summed E-state index contributed by atoms with van der Waals surface area (Å²) in [6.07, 6.45) is 0.427. The molecule has 0 aliphatic heterocycles. The van der Waals surface area contributed by atoms with Crippen LogP contribution < -0.4 is 0 Å². The van der Waals surface area contributed by atoms with Gasteiger partial charge in [-0.2, -0.15) is 0 Å². The van der Waals surface area contributed by atoms with Crippen LogP contribution in [-0.2, 0) is 9.59 Å². The van der Waals surface area contributed by atoms with Gasteiger partial charge in [-0.15, -0.1) is 0 Å². The summed E-state index contributed by atoms with van der Waals surface area (Å²) in [5.74, 6) is -1.17. The number of carboxylic acids is 1. The van der Waals surface area contributed by atoms with Gasteiger partial charge >= 0.3 is 5.97 Å². The van der Waals surface area contributed by atoms with Gasteiger partial charge in [0.25, 0.3) is 0 Å². The molecule has 1 unspecified atom stereocenters. The highest BCUT2D eigenvalue weighted by atomic mass is 35.5. The molecule has 0 bridgehead atoms. The molecule has 1 N–H and O–H groups in total. The highest BCUT2D eigenvalue weighted by Crippen LogP contribution is 2.29. The van der Waals surface area contributed by atoms with E-state index < -0.39 is 12.0 Å². The summed E-state index contributed by atoms with van der Waals surface area (Å²) >= 11 is 11.6. The average molecular weight is 262 g/mol. The van der Waals surface area contributed by atoms with Gasteiger partial charge in [-0.3, -0.25) is 4.79 Å². The predicted octanol–water partition coefficient (Wildman–Crippen LogP) is 2.21. The Kier molecular flexibility index (Phi) is 4.15. The van der Waals surface area contributed by atoms with Crippen LogP contribution in [0.2, 0.25) is 10.0 Å². The van der Waals surface area contributed by atoms with E-state index in [1.165, 1.54) is 19.2 Å². The third-order valence-corrected chi connectivity index (χ3v) is 2.64. The lowest BCUT2D eigenvalue weighted by atomic mass is 10.1. The van der Waals surface area contributed by atoms with Gasteiger partial charge in [-0.25, -0.2) is 4.79 Å². The predicted molar refractivity (Wildman–Crippen MR) is 60.7 cm³/mol. The van der Waals surface area contributed by atoms with Crippen molar-refractivity contribution in [3.8, 4) is 0 Å². The molecule has 0 aliphatic rings. The van der Waals surface area contributed by atoms with E-state index in [2.05, 4.69) is 0 Å². The van der Waals surface area contributed by atoms with Crippen LogP contribution in [-0.4, -0.2) is 29.4 Å². The van der Waals surface area contributed by atoms with Crippen molar-refractivity contribution in [3.05, 3.63) is 33.8 Å². The molecule has 6 heteroatoms. The Morgan fingerprint density at radius 2 is 2.12 bits per heavy atom. The molecular weight excluding hydrogens is 253 g/mol. The van der Waals surface area contributed by atoms with Gasteiger partial charge in [-0.1, -0.05) is 23.2 Å². The maximum atomic E-state index is 11.1. The average Bonchev–Trinajstić information content (AvgIpc) is 2.22. The Morgan fingerprint density at radius 3 is 2.62 bits per heavy atom. The van der Waals surface area contributed by atoms with Crippen molar-refractivity contribution in [2.24, 2.45) is 0 Å². The minimum Gasteiger partial charge on any atom is -0.479 e. The van der Waals surface area contributed by atoms with Crippen LogP contribution in [0, 0.1) is 0 Å². The molecule has 0 fully saturated rings. The van der Waals surface area contributed by atoms with Crippen molar-refractivity contribution in [2.75, 3.05) is 7.05 Å². The lowest BCUT2D eigenvalue weighted by molar-refractivity contribution is -0.145. The molecule has 1 aromatic rings. The van der Waals surface area contributed by atoms with Gasteiger partial charge in [0.05, 0.1) is 0 Å². The number of benzene rings is 1. The van der Waals surface area contributed by atoms with Crippen molar-refractivity contribution in [3.63, 3.8) is 0 Å². The number of hydrogen-bond acceptors (Lipinski definition) is 2. The lowest BCUT2D eigenvalue weighted by Crippen LogP contribution is -2.29. The second-order valence-corrected chi connectivity index (χ2v) is 4.02. The molecular formula is C10H9Cl2NO3. The SMILES string of the molecule is CN(C=O)C(C(=O)O)c1cc(Cl)ccc1Cl. The lowest BCUT2D eigenvalue weighted by Gasteiger charge is -2.21. The van der Waals surface area contributed by atoms with Gasteiger partial charge in [0.2, 0.25) is 6.41 Å². The number of aliphatic carboxylic acids is 1. The fourth-order valence-electron chi connectivity index (χ4n) is 1.31. The molecule has 0 aromatic heterocycles. The molecule has 16 heavy (non-hydrogen) atoms. The molecule has 0 aliphatic carbocycles. The number of amides is 1. The number of rotatable bonds is 4. The Balaban J connectivity index is 3.25. The Labute approximate surface area is 102 Å². The van der Waals surface area contributed by atoms with Gasteiger partial charge < -0.3 is 10.0 Å². The summed E-state index contributed by atoms with van der Waals surface area (Å²) in [6.45, 7) is 0. The summed E-state index contributed by atoms with van der Waals surface area (Å²) in [4.78, 5) is 22.7. The Bertz CT molecular complexity index is 423. The normalized spacial score (nSPS) is 11.9. The van der Waals surface area contributed by atoms with Gasteiger partial charge in [0.15, 0.2) is 6.04 Å². The van der Waals surface area contributed by atoms with Gasteiger partial charge in [0, 0.05) is 22.7 Å². The highest BCUT2D eigenvalue weighted by Gasteiger charge is 2.26. The van der Waals surface area contributed by atoms with Crippen LogP contribution in [0.5, 0.6) is 0 Å². The van der Waals surface area contributed by atoms with E-state index in [0.29, 0.717) is 11.4 Å². The van der Waals surface area contributed by atoms with Crippen LogP contribution in [0.15, 0.2) is 18.2 Å². The van der Waals surface area contributed by atoms with E-state index in [1.54, 1.807) is 6.07 Å². The first-order valence-electron chi connectivity index (χ1n) is 4.32. The second kappa shape index (κ2) is 5.18. The Hall–Kier alpha value is -1.26. The van der Waals surface area contributed by atoms with Crippen LogP contribution in [0.1, 0.15) is 11.6 Å². The fraction of sp³-hybridized carbons (Fsp3) is 0.200. The van der Waals surface area contributed by atoms with Crippen molar-refractivity contribution < 1.29 is 14.7 Å². The quantitative estimate of drug-likeness (QED) is 0.846. The number of carbonyl (C=O) groups excluding carboxylic acids is 1. The Morgan fingerprint density at radius 1 is 1.50 bits per heavy atom. The first-order chi connectivity index (χ1) is 7.47. The van der Waals surface area contributed by atoms with E-state index in [0.717, 1.165) is 4.90 Å². The molecule has 1 amide bonds. The monoisotopic (exact) mass is 261 g/mol. The molecule has 4 nitrogen and oxygen atoms in total. The minimum atomic E-state index is -1.17. The van der Waals surface area contributed by atoms with Crippen LogP contribution in [0.3, 0.4) is 0 Å². The summed E-state index contributed by atoms with van der Waals surface area (Å²) < 4.78 is 0. The highest BCUT2D eigenvalue weighted by molar-refractivity contribution is 6.33. The summed E-state index contributed by atoms with van der Waals surface area (Å²) in [5, 5.41) is 9.66. The maximum absolute atomic E-state index is 11.1. The number of likely N-dealkylation sites (N-methyl/N-ethyl adjacent to an activating group) is 1. The molecule has 1 atom stereocenters. The van der Waals surface area contributed by atoms with Crippen LogP contribution in [0.4, 0.5) is 0 Å². The van der Waals surface area contributed by atoms with E-state index in [1.807, 2.05) is 0 Å². The molecule has 1 aromatic carbocycles. The molecule has 0 saturated carbocycles. The number of halogens is 2. The zero-order valence-corrected chi connectivity index (χ0v) is 9.87. The number of nitrogens with zero attached hydrogens (tertiary/aromatic N) is 1. The van der Waals surface area contributed by atoms with E-state index in [4.69, 9.17) is 28.3 Å². The molecule has 0 heterocycles. The van der Waals surface area contributed by atoms with Gasteiger partial charge in [-0.05, 0) is 18.2 Å². The third kappa shape index (κ3) is 2.65. The standard InChI is InChI=1S/C10H9Cl2NO3/c1-13(5-14)9(10(15)16)7-4-6(11)2-3-8(7)12/h2-5,9H,1H3,(H,15,16). The topological polar surface area (TPSA) is 57.6 Å². The maximum Gasteiger partial charge on any atom is 0.331 e. The number of carboxylic acid groups (broad SMARTS) is 1. The summed E-state index contributed by atoms with van der Waals surface area (Å²) in [6, 6.07) is 3.34. The number of hydrogen-bond donors (Lipinski definition) is 1. The van der Waals surface area contributed by atoms with Crippen LogP contribution >= 0.6 is 23.2 Å². The molecule has 1 rings (SSSR count). The van der Waals surface area contributed by atoms with Crippen molar-refractivity contribution in [1.82, 2.24) is 4.90 Å². The summed E-state index contributed by atoms with van der Waals surface area (Å²) in [7, 11) is 1.36. The van der Waals surface area contributed by atoms with Crippen molar-refractivity contribution in [2.45, 2.75) is 6.04 Å².